The van der Waals surface area contributed by atoms with Crippen LogP contribution in [-0.4, -0.2) is 112 Å². The normalized spacial score (nSPS) is 15.5. The SMILES string of the molecule is CCC[C@H](NC(=O)[C@H](Cc1ccc(CS(=O)(=O)O)cc1)NC(=O)c1cc(C)ccc1O)C(=O)N1CCC[C@H]1C(=O)N[C@@H](Cc1cccc2ccccc12)C(=O)N[C@@H](CCCC(=O)O)C(=O)NC(C)(C)C. The predicted octanol–water partition coefficient (Wildman–Crippen LogP) is 4.24. The molecule has 1 fully saturated rings. The van der Waals surface area contributed by atoms with E-state index in [1.54, 1.807) is 33.8 Å². The lowest BCUT2D eigenvalue weighted by molar-refractivity contribution is -0.142. The molecule has 0 spiro atoms. The molecule has 18 nitrogen and oxygen atoms in total. The van der Waals surface area contributed by atoms with E-state index in [1.807, 2.05) is 49.4 Å². The van der Waals surface area contributed by atoms with Crippen molar-refractivity contribution in [1.29, 1.82) is 0 Å². The van der Waals surface area contributed by atoms with Gasteiger partial charge < -0.3 is 41.7 Å². The first kappa shape index (κ1) is 54.1. The molecule has 1 saturated heterocycles. The largest absolute Gasteiger partial charge is 0.507 e. The van der Waals surface area contributed by atoms with Gasteiger partial charge in [0.05, 0.1) is 5.56 Å². The van der Waals surface area contributed by atoms with E-state index in [-0.39, 0.29) is 68.4 Å². The summed E-state index contributed by atoms with van der Waals surface area (Å²) in [4.78, 5) is 97.6. The first-order valence-electron chi connectivity index (χ1n) is 23.4. The van der Waals surface area contributed by atoms with E-state index >= 15 is 0 Å². The lowest BCUT2D eigenvalue weighted by Crippen LogP contribution is -2.59. The van der Waals surface area contributed by atoms with E-state index in [0.717, 1.165) is 16.3 Å². The summed E-state index contributed by atoms with van der Waals surface area (Å²) >= 11 is 0. The molecule has 0 aromatic heterocycles. The summed E-state index contributed by atoms with van der Waals surface area (Å²) in [5, 5.41) is 35.5. The number of phenolic OH excluding ortho intramolecular Hbond substituents is 1. The topological polar surface area (TPSA) is 278 Å². The predicted molar refractivity (Wildman–Crippen MR) is 262 cm³/mol. The van der Waals surface area contributed by atoms with Crippen LogP contribution < -0.4 is 26.6 Å². The van der Waals surface area contributed by atoms with Gasteiger partial charge in [-0.05, 0) is 99.4 Å². The van der Waals surface area contributed by atoms with E-state index in [4.69, 9.17) is 0 Å². The number of phenols is 1. The van der Waals surface area contributed by atoms with Crippen molar-refractivity contribution >= 4 is 62.3 Å². The molecule has 8 N–H and O–H groups in total. The number of nitrogens with zero attached hydrogens (tertiary/aromatic N) is 1. The summed E-state index contributed by atoms with van der Waals surface area (Å²) in [7, 11) is -4.32. The van der Waals surface area contributed by atoms with Gasteiger partial charge in [-0.25, -0.2) is 0 Å². The van der Waals surface area contributed by atoms with Gasteiger partial charge in [0.25, 0.3) is 16.0 Å². The van der Waals surface area contributed by atoms with Crippen LogP contribution in [0.1, 0.15) is 105 Å². The number of amides is 6. The molecule has 5 atom stereocenters. The van der Waals surface area contributed by atoms with Gasteiger partial charge in [-0.2, -0.15) is 8.42 Å². The van der Waals surface area contributed by atoms with Crippen LogP contribution >= 0.6 is 0 Å². The summed E-state index contributed by atoms with van der Waals surface area (Å²) in [6, 6.07) is 17.5. The van der Waals surface area contributed by atoms with Crippen molar-refractivity contribution in [3.63, 3.8) is 0 Å². The molecule has 0 unspecified atom stereocenters. The molecule has 0 radical (unpaired) electrons. The van der Waals surface area contributed by atoms with Crippen LogP contribution in [0.4, 0.5) is 0 Å². The number of carbonyl (C=O) groups is 7. The van der Waals surface area contributed by atoms with Gasteiger partial charge in [0.2, 0.25) is 29.5 Å². The fourth-order valence-corrected chi connectivity index (χ4v) is 9.05. The average molecular weight is 985 g/mol. The van der Waals surface area contributed by atoms with Crippen LogP contribution in [-0.2, 0) is 57.5 Å². The number of aliphatic carboxylic acids is 1. The Balaban J connectivity index is 1.40. The molecular formula is C51H64N6O12S. The Labute approximate surface area is 408 Å². The molecule has 1 aliphatic heterocycles. The highest BCUT2D eigenvalue weighted by Gasteiger charge is 2.40. The Morgan fingerprint density at radius 2 is 1.40 bits per heavy atom. The lowest BCUT2D eigenvalue weighted by atomic mass is 9.97. The van der Waals surface area contributed by atoms with E-state index in [1.165, 1.54) is 41.3 Å². The molecule has 1 aliphatic rings. The third-order valence-electron chi connectivity index (χ3n) is 11.8. The number of carbonyl (C=O) groups excluding carboxylic acids is 6. The van der Waals surface area contributed by atoms with Crippen LogP contribution in [0.15, 0.2) is 84.9 Å². The third kappa shape index (κ3) is 15.8. The molecule has 0 saturated carbocycles. The fraction of sp³-hybridized carbons (Fsp3) is 0.431. The second kappa shape index (κ2) is 24.1. The Morgan fingerprint density at radius 1 is 0.757 bits per heavy atom. The minimum atomic E-state index is -4.32. The quantitative estimate of drug-likeness (QED) is 0.0514. The summed E-state index contributed by atoms with van der Waals surface area (Å²) in [5.74, 6) is -5.99. The molecule has 19 heteroatoms. The number of rotatable bonds is 22. The molecule has 4 aromatic rings. The summed E-state index contributed by atoms with van der Waals surface area (Å²) in [5.41, 5.74) is 1.38. The van der Waals surface area contributed by atoms with Crippen molar-refractivity contribution in [2.45, 2.75) is 134 Å². The van der Waals surface area contributed by atoms with Gasteiger partial charge in [0.1, 0.15) is 41.7 Å². The molecule has 0 bridgehead atoms. The van der Waals surface area contributed by atoms with E-state index in [0.29, 0.717) is 24.0 Å². The number of aryl methyl sites for hydroxylation is 1. The maximum atomic E-state index is 14.6. The Kier molecular flexibility index (Phi) is 18.6. The maximum Gasteiger partial charge on any atom is 0.303 e. The monoisotopic (exact) mass is 984 g/mol. The zero-order valence-electron chi connectivity index (χ0n) is 40.1. The van der Waals surface area contributed by atoms with Gasteiger partial charge in [0.15, 0.2) is 0 Å². The lowest BCUT2D eigenvalue weighted by Gasteiger charge is -2.31. The Bertz CT molecular complexity index is 2660. The van der Waals surface area contributed by atoms with Crippen molar-refractivity contribution in [3.05, 3.63) is 113 Å². The molecule has 70 heavy (non-hydrogen) atoms. The number of fused-ring (bicyclic) bond motifs is 1. The minimum absolute atomic E-state index is 0.00641. The first-order valence-corrected chi connectivity index (χ1v) is 25.0. The van der Waals surface area contributed by atoms with Crippen LogP contribution in [0, 0.1) is 6.92 Å². The number of hydrogen-bond acceptors (Lipinski definition) is 10. The molecule has 6 amide bonds. The summed E-state index contributed by atoms with van der Waals surface area (Å²) in [6.07, 6.45) is 0.936. The number of carboxylic acid groups (broad SMARTS) is 1. The Morgan fingerprint density at radius 3 is 2.06 bits per heavy atom. The van der Waals surface area contributed by atoms with E-state index in [2.05, 4.69) is 26.6 Å². The van der Waals surface area contributed by atoms with Crippen LogP contribution in [0.2, 0.25) is 0 Å². The highest BCUT2D eigenvalue weighted by Crippen LogP contribution is 2.24. The summed E-state index contributed by atoms with van der Waals surface area (Å²) in [6.45, 7) is 8.98. The zero-order valence-corrected chi connectivity index (χ0v) is 40.9. The van der Waals surface area contributed by atoms with E-state index < -0.39 is 93.0 Å². The molecule has 5 rings (SSSR count). The van der Waals surface area contributed by atoms with Crippen LogP contribution in [0.3, 0.4) is 0 Å². The van der Waals surface area contributed by atoms with Crippen molar-refractivity contribution in [3.8, 4) is 5.75 Å². The van der Waals surface area contributed by atoms with Crippen LogP contribution in [0.25, 0.3) is 10.8 Å². The number of likely N-dealkylation sites (tertiary alicyclic amines) is 1. The molecule has 376 valence electrons. The molecule has 0 aliphatic carbocycles. The standard InChI is InChI=1S/C51H64N6O12S/c1-6-12-39(53-46(62)40(54-45(61)37-27-31(2)20-25-43(37)58)28-32-21-23-33(24-22-32)30-70(67,68)69)50(66)57-26-11-18-42(57)49(65)55-41(29-35-15-9-14-34-13-7-8-16-36(34)35)47(63)52-38(17-10-19-44(59)60)48(64)56-51(3,4)5/h7-9,13-16,20-25,27,38-42,58H,6,10-12,17-19,26,28-30H2,1-5H3,(H,52,63)(H,53,62)(H,54,61)(H,55,65)(H,56,64)(H,59,60)(H,67,68,69)/t38-,39-,40-,41-,42-/m0/s1. The summed E-state index contributed by atoms with van der Waals surface area (Å²) < 4.78 is 32.3. The number of benzene rings is 4. The molecule has 4 aromatic carbocycles. The number of carboxylic acids is 1. The molecule has 1 heterocycles. The van der Waals surface area contributed by atoms with Gasteiger partial charge in [-0.3, -0.25) is 38.1 Å². The number of aromatic hydroxyl groups is 1. The van der Waals surface area contributed by atoms with Crippen molar-refractivity contribution in [2.75, 3.05) is 6.54 Å². The van der Waals surface area contributed by atoms with Crippen molar-refractivity contribution in [2.24, 2.45) is 0 Å². The molecular weight excluding hydrogens is 921 g/mol. The maximum absolute atomic E-state index is 14.6. The van der Waals surface area contributed by atoms with Gasteiger partial charge in [0, 0.05) is 31.3 Å². The van der Waals surface area contributed by atoms with Gasteiger partial charge >= 0.3 is 5.97 Å². The van der Waals surface area contributed by atoms with Crippen molar-refractivity contribution in [1.82, 2.24) is 31.5 Å². The fourth-order valence-electron chi connectivity index (χ4n) is 8.44. The van der Waals surface area contributed by atoms with Crippen molar-refractivity contribution < 1.29 is 56.7 Å². The van der Waals surface area contributed by atoms with Gasteiger partial charge in [-0.1, -0.05) is 91.7 Å². The minimum Gasteiger partial charge on any atom is -0.507 e. The first-order chi connectivity index (χ1) is 33.0. The second-order valence-electron chi connectivity index (χ2n) is 18.8. The van der Waals surface area contributed by atoms with Gasteiger partial charge in [-0.15, -0.1) is 0 Å². The highest BCUT2D eigenvalue weighted by atomic mass is 32.2. The number of hydrogen-bond donors (Lipinski definition) is 8. The number of nitrogens with one attached hydrogen (secondary N) is 5. The average Bonchev–Trinajstić information content (AvgIpc) is 3.78. The Hall–Kier alpha value is -6.86. The van der Waals surface area contributed by atoms with E-state index in [9.17, 15) is 56.7 Å². The zero-order chi connectivity index (χ0) is 51.3. The second-order valence-corrected chi connectivity index (χ2v) is 20.3. The van der Waals surface area contributed by atoms with Crippen LogP contribution in [0.5, 0.6) is 5.75 Å². The smallest absolute Gasteiger partial charge is 0.303 e. The third-order valence-corrected chi connectivity index (χ3v) is 12.5. The highest BCUT2D eigenvalue weighted by molar-refractivity contribution is 7.85.